The Morgan fingerprint density at radius 2 is 1.61 bits per heavy atom. The summed E-state index contributed by atoms with van der Waals surface area (Å²) in [5.74, 6) is 0. The molecule has 1 fully saturated rings. The van der Waals surface area contributed by atoms with E-state index in [0.717, 1.165) is 27.8 Å². The third-order valence-electron chi connectivity index (χ3n) is 4.34. The zero-order valence-corrected chi connectivity index (χ0v) is 13.0. The molecule has 3 aromatic rings. The molecular weight excluding hydrogens is 318 g/mol. The van der Waals surface area contributed by atoms with Crippen LogP contribution >= 0.6 is 11.6 Å². The van der Waals surface area contributed by atoms with Crippen LogP contribution in [-0.4, -0.2) is 30.4 Å². The predicted molar refractivity (Wildman–Crippen MR) is 90.7 cm³/mol. The maximum absolute atomic E-state index is 13.6. The van der Waals surface area contributed by atoms with Gasteiger partial charge in [0.2, 0.25) is 0 Å². The number of halogens is 3. The Morgan fingerprint density at radius 3 is 2.35 bits per heavy atom. The minimum atomic E-state index is -1.44. The summed E-state index contributed by atoms with van der Waals surface area (Å²) < 4.78 is 27.2. The highest BCUT2D eigenvalue weighted by Crippen LogP contribution is 2.40. The number of nitrogens with zero attached hydrogens (tertiary/aromatic N) is 1. The normalized spacial score (nSPS) is 21.3. The van der Waals surface area contributed by atoms with Crippen molar-refractivity contribution in [2.24, 2.45) is 0 Å². The van der Waals surface area contributed by atoms with Gasteiger partial charge in [0.05, 0.1) is 23.8 Å². The molecule has 2 atom stereocenters. The molecule has 2 aromatic carbocycles. The Bertz CT molecular complexity index is 851. The molecule has 0 saturated carbocycles. The minimum absolute atomic E-state index is 0.0655. The molecule has 23 heavy (non-hydrogen) atoms. The van der Waals surface area contributed by atoms with E-state index >= 15 is 0 Å². The van der Waals surface area contributed by atoms with E-state index in [9.17, 15) is 8.78 Å². The Morgan fingerprint density at radius 1 is 0.957 bits per heavy atom. The van der Waals surface area contributed by atoms with Crippen LogP contribution in [0.1, 0.15) is 0 Å². The summed E-state index contributed by atoms with van der Waals surface area (Å²) >= 11 is 6.53. The first-order valence-corrected chi connectivity index (χ1v) is 7.91. The average Bonchev–Trinajstić information content (AvgIpc) is 3.08. The third kappa shape index (κ3) is 2.38. The summed E-state index contributed by atoms with van der Waals surface area (Å²) in [4.78, 5) is 5.06. The molecule has 0 bridgehead atoms. The Labute approximate surface area is 137 Å². The SMILES string of the molecule is F[C@@H]1CN(c2ccccc2-c2[nH]c3ccccc3c2Cl)C[C@H]1F. The van der Waals surface area contributed by atoms with E-state index in [-0.39, 0.29) is 13.1 Å². The number of para-hydroxylation sites is 2. The van der Waals surface area contributed by atoms with E-state index in [0.29, 0.717) is 5.02 Å². The number of H-pyrrole nitrogens is 1. The van der Waals surface area contributed by atoms with Crippen LogP contribution in [-0.2, 0) is 0 Å². The number of rotatable bonds is 2. The molecule has 2 heterocycles. The number of alkyl halides is 2. The number of fused-ring (bicyclic) bond motifs is 1. The van der Waals surface area contributed by atoms with Crippen molar-refractivity contribution in [1.82, 2.24) is 4.98 Å². The van der Waals surface area contributed by atoms with Gasteiger partial charge in [-0.2, -0.15) is 0 Å². The molecule has 5 heteroatoms. The molecule has 1 saturated heterocycles. The van der Waals surface area contributed by atoms with E-state index in [2.05, 4.69) is 4.98 Å². The number of nitrogens with one attached hydrogen (secondary N) is 1. The van der Waals surface area contributed by atoms with Gasteiger partial charge in [0, 0.05) is 22.2 Å². The minimum Gasteiger partial charge on any atom is -0.365 e. The van der Waals surface area contributed by atoms with Crippen LogP contribution < -0.4 is 4.90 Å². The highest BCUT2D eigenvalue weighted by molar-refractivity contribution is 6.38. The molecule has 1 aromatic heterocycles. The lowest BCUT2D eigenvalue weighted by atomic mass is 10.1. The van der Waals surface area contributed by atoms with Crippen molar-refractivity contribution in [1.29, 1.82) is 0 Å². The second-order valence-corrected chi connectivity index (χ2v) is 6.19. The van der Waals surface area contributed by atoms with Gasteiger partial charge in [-0.05, 0) is 12.1 Å². The molecule has 0 amide bonds. The van der Waals surface area contributed by atoms with Gasteiger partial charge in [-0.15, -0.1) is 0 Å². The van der Waals surface area contributed by atoms with Gasteiger partial charge in [0.1, 0.15) is 0 Å². The van der Waals surface area contributed by atoms with Crippen molar-refractivity contribution >= 4 is 28.2 Å². The maximum atomic E-state index is 13.6. The first-order valence-electron chi connectivity index (χ1n) is 7.54. The van der Waals surface area contributed by atoms with Gasteiger partial charge in [-0.25, -0.2) is 8.78 Å². The fourth-order valence-electron chi connectivity index (χ4n) is 3.18. The van der Waals surface area contributed by atoms with Crippen LogP contribution in [0.2, 0.25) is 5.02 Å². The number of anilines is 1. The molecule has 0 unspecified atom stereocenters. The van der Waals surface area contributed by atoms with E-state index in [1.54, 1.807) is 4.90 Å². The van der Waals surface area contributed by atoms with Crippen LogP contribution in [0.15, 0.2) is 48.5 Å². The number of hydrogen-bond acceptors (Lipinski definition) is 1. The van der Waals surface area contributed by atoms with Gasteiger partial charge in [0.15, 0.2) is 12.3 Å². The van der Waals surface area contributed by atoms with E-state index < -0.39 is 12.3 Å². The maximum Gasteiger partial charge on any atom is 0.150 e. The van der Waals surface area contributed by atoms with E-state index in [1.807, 2.05) is 48.5 Å². The predicted octanol–water partition coefficient (Wildman–Crippen LogP) is 4.98. The zero-order chi connectivity index (χ0) is 16.0. The molecule has 1 aliphatic heterocycles. The lowest BCUT2D eigenvalue weighted by Crippen LogP contribution is -2.21. The molecule has 1 N–H and O–H groups in total. The first kappa shape index (κ1) is 14.5. The summed E-state index contributed by atoms with van der Waals surface area (Å²) in [6, 6.07) is 15.3. The van der Waals surface area contributed by atoms with Crippen molar-refractivity contribution in [2.75, 3.05) is 18.0 Å². The highest BCUT2D eigenvalue weighted by Gasteiger charge is 2.34. The standard InChI is InChI=1S/C18H15ClF2N2/c19-17-11-5-1-3-7-15(11)22-18(17)12-6-2-4-8-16(12)23-9-13(20)14(21)10-23/h1-8,13-14,22H,9-10H2/t13-,14-/m1/s1. The number of aromatic amines is 1. The van der Waals surface area contributed by atoms with Crippen LogP contribution in [0, 0.1) is 0 Å². The lowest BCUT2D eigenvalue weighted by molar-refractivity contribution is 0.217. The van der Waals surface area contributed by atoms with Crippen LogP contribution in [0.25, 0.3) is 22.2 Å². The number of hydrogen-bond donors (Lipinski definition) is 1. The second kappa shape index (κ2) is 5.53. The van der Waals surface area contributed by atoms with Gasteiger partial charge in [-0.1, -0.05) is 48.0 Å². The summed E-state index contributed by atoms with van der Waals surface area (Å²) in [6.45, 7) is 0.131. The number of benzene rings is 2. The molecule has 118 valence electrons. The van der Waals surface area contributed by atoms with Gasteiger partial charge in [0.25, 0.3) is 0 Å². The van der Waals surface area contributed by atoms with Gasteiger partial charge in [-0.3, -0.25) is 0 Å². The van der Waals surface area contributed by atoms with Crippen molar-refractivity contribution < 1.29 is 8.78 Å². The van der Waals surface area contributed by atoms with Crippen molar-refractivity contribution in [3.8, 4) is 11.3 Å². The largest absolute Gasteiger partial charge is 0.365 e. The fraction of sp³-hybridized carbons (Fsp3) is 0.222. The second-order valence-electron chi connectivity index (χ2n) is 5.81. The molecule has 2 nitrogen and oxygen atoms in total. The average molecular weight is 333 g/mol. The van der Waals surface area contributed by atoms with Crippen molar-refractivity contribution in [3.63, 3.8) is 0 Å². The topological polar surface area (TPSA) is 19.0 Å². The van der Waals surface area contributed by atoms with Gasteiger partial charge >= 0.3 is 0 Å². The van der Waals surface area contributed by atoms with Crippen molar-refractivity contribution in [3.05, 3.63) is 53.6 Å². The van der Waals surface area contributed by atoms with E-state index in [4.69, 9.17) is 11.6 Å². The fourth-order valence-corrected chi connectivity index (χ4v) is 3.49. The molecule has 0 radical (unpaired) electrons. The molecule has 4 rings (SSSR count). The zero-order valence-electron chi connectivity index (χ0n) is 12.3. The van der Waals surface area contributed by atoms with E-state index in [1.165, 1.54) is 0 Å². The molecule has 1 aliphatic rings. The highest BCUT2D eigenvalue weighted by atomic mass is 35.5. The molecule has 0 spiro atoms. The smallest absolute Gasteiger partial charge is 0.150 e. The Hall–Kier alpha value is -2.07. The lowest BCUT2D eigenvalue weighted by Gasteiger charge is -2.20. The van der Waals surface area contributed by atoms with Crippen LogP contribution in [0.5, 0.6) is 0 Å². The quantitative estimate of drug-likeness (QED) is 0.701. The van der Waals surface area contributed by atoms with Gasteiger partial charge < -0.3 is 9.88 Å². The summed E-state index contributed by atoms with van der Waals surface area (Å²) in [5.41, 5.74) is 3.37. The van der Waals surface area contributed by atoms with Crippen LogP contribution in [0.4, 0.5) is 14.5 Å². The third-order valence-corrected chi connectivity index (χ3v) is 4.73. The monoisotopic (exact) mass is 332 g/mol. The summed E-state index contributed by atoms with van der Waals surface area (Å²) in [5, 5.41) is 1.56. The Balaban J connectivity index is 1.84. The summed E-state index contributed by atoms with van der Waals surface area (Å²) in [6.07, 6.45) is -2.89. The van der Waals surface area contributed by atoms with Crippen LogP contribution in [0.3, 0.4) is 0 Å². The molecular formula is C18H15ClF2N2. The Kier molecular flexibility index (Phi) is 3.49. The first-order chi connectivity index (χ1) is 11.1. The summed E-state index contributed by atoms with van der Waals surface area (Å²) in [7, 11) is 0. The number of aromatic nitrogens is 1. The molecule has 0 aliphatic carbocycles. The van der Waals surface area contributed by atoms with Crippen molar-refractivity contribution in [2.45, 2.75) is 12.3 Å².